The number of amides is 1. The first-order chi connectivity index (χ1) is 19.9. The van der Waals surface area contributed by atoms with Gasteiger partial charge in [-0.1, -0.05) is 42.9 Å². The standard InChI is InChI=1S/C32H30N2O6S/c1-4-5-12-38-22-9-6-20(7-10-22)28-26(29(35)21-8-11-23-24(17-21)40-14-13-39-23)30(36)31(37)34(28)32-33-27-19(3)15-18(2)16-25(27)41-32/h6-11,15-17,28,35H,4-5,12-14H2,1-3H3/t28-/m0/s1. The first-order valence-corrected chi connectivity index (χ1v) is 14.5. The van der Waals surface area contributed by atoms with E-state index in [1.807, 2.05) is 50.2 Å². The molecule has 41 heavy (non-hydrogen) atoms. The van der Waals surface area contributed by atoms with Crippen molar-refractivity contribution in [3.63, 3.8) is 0 Å². The maximum Gasteiger partial charge on any atom is 0.301 e. The zero-order valence-electron chi connectivity index (χ0n) is 23.1. The van der Waals surface area contributed by atoms with Gasteiger partial charge in [-0.25, -0.2) is 4.98 Å². The summed E-state index contributed by atoms with van der Waals surface area (Å²) in [7, 11) is 0. The number of fused-ring (bicyclic) bond motifs is 2. The van der Waals surface area contributed by atoms with Gasteiger partial charge in [0.25, 0.3) is 5.78 Å². The second kappa shape index (κ2) is 10.9. The summed E-state index contributed by atoms with van der Waals surface area (Å²) in [6, 6.07) is 15.4. The normalized spacial score (nSPS) is 17.8. The van der Waals surface area contributed by atoms with Crippen LogP contribution in [-0.2, 0) is 9.59 Å². The third-order valence-electron chi connectivity index (χ3n) is 7.25. The molecule has 3 heterocycles. The van der Waals surface area contributed by atoms with Gasteiger partial charge in [0.2, 0.25) is 0 Å². The fraction of sp³-hybridized carbons (Fsp3) is 0.281. The number of carbonyl (C=O) groups is 2. The molecule has 2 aliphatic rings. The Morgan fingerprint density at radius 2 is 1.80 bits per heavy atom. The van der Waals surface area contributed by atoms with Crippen molar-refractivity contribution in [3.05, 3.63) is 82.4 Å². The average molecular weight is 571 g/mol. The number of aliphatic hydroxyl groups excluding tert-OH is 1. The molecule has 0 radical (unpaired) electrons. The summed E-state index contributed by atoms with van der Waals surface area (Å²) < 4.78 is 18.1. The van der Waals surface area contributed by atoms with E-state index in [9.17, 15) is 14.7 Å². The molecule has 0 spiro atoms. The van der Waals surface area contributed by atoms with Crippen LogP contribution in [0.5, 0.6) is 17.2 Å². The molecule has 210 valence electrons. The van der Waals surface area contributed by atoms with Crippen LogP contribution in [0.4, 0.5) is 5.13 Å². The Kier molecular flexibility index (Phi) is 7.13. The second-order valence-corrected chi connectivity index (χ2v) is 11.2. The average Bonchev–Trinajstić information content (AvgIpc) is 3.51. The molecule has 1 fully saturated rings. The molecule has 3 aromatic carbocycles. The van der Waals surface area contributed by atoms with E-state index in [1.165, 1.54) is 16.2 Å². The number of unbranched alkanes of at least 4 members (excludes halogenated alkanes) is 1. The van der Waals surface area contributed by atoms with Crippen molar-refractivity contribution >= 4 is 44.1 Å². The first kappa shape index (κ1) is 26.8. The van der Waals surface area contributed by atoms with Crippen molar-refractivity contribution in [1.82, 2.24) is 4.98 Å². The monoisotopic (exact) mass is 570 g/mol. The lowest BCUT2D eigenvalue weighted by molar-refractivity contribution is -0.132. The number of anilines is 1. The number of carbonyl (C=O) groups excluding carboxylic acids is 2. The minimum absolute atomic E-state index is 0.0153. The lowest BCUT2D eigenvalue weighted by atomic mass is 9.95. The van der Waals surface area contributed by atoms with Crippen molar-refractivity contribution < 1.29 is 28.9 Å². The zero-order valence-corrected chi connectivity index (χ0v) is 23.9. The third kappa shape index (κ3) is 4.91. The molecule has 0 aliphatic carbocycles. The van der Waals surface area contributed by atoms with Gasteiger partial charge in [-0.05, 0) is 73.4 Å². The Balaban J connectivity index is 1.48. The van der Waals surface area contributed by atoms with Gasteiger partial charge in [0.1, 0.15) is 24.7 Å². The molecule has 2 aliphatic heterocycles. The van der Waals surface area contributed by atoms with Gasteiger partial charge in [0.15, 0.2) is 16.6 Å². The molecule has 1 atom stereocenters. The summed E-state index contributed by atoms with van der Waals surface area (Å²) in [4.78, 5) is 33.5. The largest absolute Gasteiger partial charge is 0.507 e. The number of aryl methyl sites for hydroxylation is 2. The number of hydrogen-bond acceptors (Lipinski definition) is 8. The number of aromatic nitrogens is 1. The number of nitrogens with zero attached hydrogens (tertiary/aromatic N) is 2. The highest BCUT2D eigenvalue weighted by Crippen LogP contribution is 2.45. The lowest BCUT2D eigenvalue weighted by Crippen LogP contribution is -2.29. The number of hydrogen-bond donors (Lipinski definition) is 1. The molecule has 4 aromatic rings. The number of ether oxygens (including phenoxy) is 3. The Labute approximate surface area is 241 Å². The summed E-state index contributed by atoms with van der Waals surface area (Å²) in [5.41, 5.74) is 3.84. The topological polar surface area (TPSA) is 98.2 Å². The molecule has 1 amide bonds. The lowest BCUT2D eigenvalue weighted by Gasteiger charge is -2.23. The molecule has 8 nitrogen and oxygen atoms in total. The van der Waals surface area contributed by atoms with Crippen LogP contribution in [0.15, 0.2) is 60.2 Å². The van der Waals surface area contributed by atoms with E-state index in [0.29, 0.717) is 53.3 Å². The quantitative estimate of drug-likeness (QED) is 0.117. The number of aliphatic hydroxyl groups is 1. The van der Waals surface area contributed by atoms with Gasteiger partial charge < -0.3 is 19.3 Å². The summed E-state index contributed by atoms with van der Waals surface area (Å²) >= 11 is 1.35. The fourth-order valence-corrected chi connectivity index (χ4v) is 6.40. The highest BCUT2D eigenvalue weighted by Gasteiger charge is 2.48. The Morgan fingerprint density at radius 1 is 1.05 bits per heavy atom. The molecular formula is C32H30N2O6S. The predicted molar refractivity (Wildman–Crippen MR) is 158 cm³/mol. The van der Waals surface area contributed by atoms with Crippen LogP contribution in [-0.4, -0.2) is 41.6 Å². The van der Waals surface area contributed by atoms with Crippen molar-refractivity contribution in [2.75, 3.05) is 24.7 Å². The maximum atomic E-state index is 13.7. The molecule has 0 saturated carbocycles. The number of Topliss-reactive ketones (excluding diaryl/α,β-unsaturated/α-hetero) is 1. The van der Waals surface area contributed by atoms with Gasteiger partial charge in [0.05, 0.1) is 28.4 Å². The van der Waals surface area contributed by atoms with Gasteiger partial charge in [-0.2, -0.15) is 0 Å². The Hall–Kier alpha value is -4.37. The van der Waals surface area contributed by atoms with Crippen molar-refractivity contribution in [2.24, 2.45) is 0 Å². The Bertz CT molecular complexity index is 1690. The van der Waals surface area contributed by atoms with E-state index in [1.54, 1.807) is 18.2 Å². The van der Waals surface area contributed by atoms with E-state index >= 15 is 0 Å². The molecule has 1 N–H and O–H groups in total. The number of thiazole rings is 1. The van der Waals surface area contributed by atoms with Crippen LogP contribution >= 0.6 is 11.3 Å². The third-order valence-corrected chi connectivity index (χ3v) is 8.25. The van der Waals surface area contributed by atoms with Gasteiger partial charge in [0, 0.05) is 5.56 Å². The van der Waals surface area contributed by atoms with E-state index in [4.69, 9.17) is 19.2 Å². The minimum atomic E-state index is -0.894. The summed E-state index contributed by atoms with van der Waals surface area (Å²) in [5.74, 6) is -0.0924. The van der Waals surface area contributed by atoms with Crippen LogP contribution in [0, 0.1) is 13.8 Å². The fourth-order valence-electron chi connectivity index (χ4n) is 5.23. The van der Waals surface area contributed by atoms with Crippen LogP contribution < -0.4 is 19.1 Å². The molecule has 1 saturated heterocycles. The Morgan fingerprint density at radius 3 is 2.56 bits per heavy atom. The molecule has 0 bridgehead atoms. The number of ketones is 1. The summed E-state index contributed by atoms with van der Waals surface area (Å²) in [6.45, 7) is 7.50. The first-order valence-electron chi connectivity index (χ1n) is 13.7. The van der Waals surface area contributed by atoms with Crippen LogP contribution in [0.25, 0.3) is 16.0 Å². The van der Waals surface area contributed by atoms with Crippen LogP contribution in [0.2, 0.25) is 0 Å². The van der Waals surface area contributed by atoms with E-state index < -0.39 is 17.7 Å². The molecular weight excluding hydrogens is 540 g/mol. The van der Waals surface area contributed by atoms with E-state index in [2.05, 4.69) is 6.92 Å². The zero-order chi connectivity index (χ0) is 28.7. The molecule has 0 unspecified atom stereocenters. The predicted octanol–water partition coefficient (Wildman–Crippen LogP) is 6.49. The smallest absolute Gasteiger partial charge is 0.301 e. The van der Waals surface area contributed by atoms with Gasteiger partial charge in [-0.3, -0.25) is 14.5 Å². The van der Waals surface area contributed by atoms with Crippen molar-refractivity contribution in [1.29, 1.82) is 0 Å². The van der Waals surface area contributed by atoms with E-state index in [-0.39, 0.29) is 11.3 Å². The summed E-state index contributed by atoms with van der Waals surface area (Å²) in [5, 5.41) is 12.0. The van der Waals surface area contributed by atoms with Gasteiger partial charge in [-0.15, -0.1) is 0 Å². The number of benzene rings is 3. The van der Waals surface area contributed by atoms with Crippen molar-refractivity contribution in [2.45, 2.75) is 39.7 Å². The van der Waals surface area contributed by atoms with Crippen molar-refractivity contribution in [3.8, 4) is 17.2 Å². The van der Waals surface area contributed by atoms with E-state index in [0.717, 1.165) is 34.2 Å². The molecule has 9 heteroatoms. The van der Waals surface area contributed by atoms with Crippen LogP contribution in [0.1, 0.15) is 48.1 Å². The second-order valence-electron chi connectivity index (χ2n) is 10.2. The summed E-state index contributed by atoms with van der Waals surface area (Å²) in [6.07, 6.45) is 1.96. The highest BCUT2D eigenvalue weighted by atomic mass is 32.1. The molecule has 1 aromatic heterocycles. The maximum absolute atomic E-state index is 13.7. The number of rotatable bonds is 7. The highest BCUT2D eigenvalue weighted by molar-refractivity contribution is 7.22. The molecule has 6 rings (SSSR count). The van der Waals surface area contributed by atoms with Gasteiger partial charge >= 0.3 is 5.91 Å². The SMILES string of the molecule is CCCCOc1ccc([C@H]2C(=C(O)c3ccc4c(c3)OCCO4)C(=O)C(=O)N2c2nc3c(C)cc(C)cc3s2)cc1. The minimum Gasteiger partial charge on any atom is -0.507 e. The van der Waals surface area contributed by atoms with Crippen LogP contribution in [0.3, 0.4) is 0 Å².